The number of rotatable bonds is 0. The van der Waals surface area contributed by atoms with Crippen molar-refractivity contribution in [2.24, 2.45) is 0 Å². The summed E-state index contributed by atoms with van der Waals surface area (Å²) in [6, 6.07) is 0. The van der Waals surface area contributed by atoms with Crippen molar-refractivity contribution in [2.45, 2.75) is 0 Å². The quantitative estimate of drug-likeness (QED) is 0.450. The Morgan fingerprint density at radius 2 is 1.75 bits per heavy atom. The zero-order chi connectivity index (χ0) is 2.71. The van der Waals surface area contributed by atoms with E-state index in [4.69, 9.17) is 9.46 Å². The summed E-state index contributed by atoms with van der Waals surface area (Å²) in [5, 5.41) is 0. The summed E-state index contributed by atoms with van der Waals surface area (Å²) in [6.07, 6.45) is 0. The van der Waals surface area contributed by atoms with Gasteiger partial charge in [0.15, 0.2) is 0 Å². The van der Waals surface area contributed by atoms with Crippen LogP contribution in [0.15, 0.2) is 0 Å². The molecule has 0 saturated heterocycles. The minimum Gasteiger partial charge on any atom is -0.310 e. The molecule has 0 aliphatic heterocycles. The maximum atomic E-state index is 8.46. The van der Waals surface area contributed by atoms with E-state index in [1.54, 1.807) is 0 Å². The molecule has 0 heterocycles. The van der Waals surface area contributed by atoms with Crippen molar-refractivity contribution >= 4 is 8.69 Å². The molecule has 1 N–H and O–H groups in total. The molecule has 0 aromatic rings. The second-order valence-corrected chi connectivity index (χ2v) is 0.245. The standard InChI is InChI=1S/HO2P.Sc/c1-3-2;/h(H,1,2);. The van der Waals surface area contributed by atoms with Crippen LogP contribution >= 0.6 is 8.69 Å². The van der Waals surface area contributed by atoms with Crippen LogP contribution in [0.1, 0.15) is 0 Å². The van der Waals surface area contributed by atoms with E-state index in [9.17, 15) is 0 Å². The molecule has 0 bridgehead atoms. The van der Waals surface area contributed by atoms with Crippen LogP contribution in [-0.2, 0) is 30.4 Å². The predicted molar refractivity (Wildman–Crippen MR) is 9.83 cm³/mol. The Bertz CT molecular complexity index is 13.5. The van der Waals surface area contributed by atoms with Gasteiger partial charge in [-0.1, -0.05) is 0 Å². The van der Waals surface area contributed by atoms with Crippen LogP contribution in [0, 0.1) is 0 Å². The van der Waals surface area contributed by atoms with Gasteiger partial charge in [0.2, 0.25) is 0 Å². The summed E-state index contributed by atoms with van der Waals surface area (Å²) >= 11 is 0. The van der Waals surface area contributed by atoms with Crippen molar-refractivity contribution in [1.82, 2.24) is 0 Å². The first-order valence-corrected chi connectivity index (χ1v) is 1.15. The number of hydrogen-bond acceptors (Lipinski definition) is 1. The molecule has 21 valence electrons. The molecule has 0 aromatic carbocycles. The fourth-order valence-electron chi connectivity index (χ4n) is 0. The van der Waals surface area contributed by atoms with Gasteiger partial charge < -0.3 is 4.89 Å². The Morgan fingerprint density at radius 3 is 1.75 bits per heavy atom. The van der Waals surface area contributed by atoms with Crippen molar-refractivity contribution in [2.75, 3.05) is 0 Å². The van der Waals surface area contributed by atoms with Gasteiger partial charge in [-0.25, -0.2) is 4.57 Å². The summed E-state index contributed by atoms with van der Waals surface area (Å²) in [7, 11) is -0.833. The molecule has 0 spiro atoms. The van der Waals surface area contributed by atoms with Crippen LogP contribution in [0.3, 0.4) is 0 Å². The second kappa shape index (κ2) is 9.06. The molecule has 0 aromatic heterocycles. The first kappa shape index (κ1) is 8.87. The molecule has 0 atom stereocenters. The van der Waals surface area contributed by atoms with Crippen molar-refractivity contribution in [3.05, 3.63) is 0 Å². The normalized spacial score (nSPS) is 5.25. The second-order valence-electron chi connectivity index (χ2n) is 0.0816. The van der Waals surface area contributed by atoms with Crippen LogP contribution in [-0.4, -0.2) is 4.89 Å². The summed E-state index contributed by atoms with van der Waals surface area (Å²) in [4.78, 5) is 6.99. The van der Waals surface area contributed by atoms with Crippen LogP contribution < -0.4 is 0 Å². The zero-order valence-electron chi connectivity index (χ0n) is 1.88. The van der Waals surface area contributed by atoms with Crippen molar-refractivity contribution in [3.63, 3.8) is 0 Å². The molecule has 1 radical (unpaired) electrons. The van der Waals surface area contributed by atoms with Gasteiger partial charge in [-0.2, -0.15) is 0 Å². The van der Waals surface area contributed by atoms with E-state index in [-0.39, 0.29) is 25.8 Å². The Kier molecular flexibility index (Phi) is 20.1. The molecule has 0 rings (SSSR count). The molecule has 2 nitrogen and oxygen atoms in total. The maximum Gasteiger partial charge on any atom is 0.324 e. The molecular weight excluding hydrogens is 108 g/mol. The average molecular weight is 109 g/mol. The third kappa shape index (κ3) is 12.6. The van der Waals surface area contributed by atoms with Crippen molar-refractivity contribution in [1.29, 1.82) is 0 Å². The van der Waals surface area contributed by atoms with Gasteiger partial charge in [-0.15, -0.1) is 0 Å². The van der Waals surface area contributed by atoms with E-state index in [0.717, 1.165) is 0 Å². The Morgan fingerprint density at radius 1 is 1.75 bits per heavy atom. The van der Waals surface area contributed by atoms with Gasteiger partial charge in [0.1, 0.15) is 0 Å². The fourth-order valence-corrected chi connectivity index (χ4v) is 0. The molecule has 0 amide bonds. The average Bonchev–Trinajstić information content (AvgIpc) is 0.918. The largest absolute Gasteiger partial charge is 0.324 e. The first-order chi connectivity index (χ1) is 1.41. The minimum atomic E-state index is -0.833. The van der Waals surface area contributed by atoms with Gasteiger partial charge in [-0.05, 0) is 0 Å². The van der Waals surface area contributed by atoms with E-state index in [2.05, 4.69) is 0 Å². The topological polar surface area (TPSA) is 37.3 Å². The monoisotopic (exact) mass is 109 g/mol. The van der Waals surface area contributed by atoms with E-state index in [1.165, 1.54) is 0 Å². The summed E-state index contributed by atoms with van der Waals surface area (Å²) in [5.74, 6) is 0. The van der Waals surface area contributed by atoms with E-state index in [1.807, 2.05) is 0 Å². The van der Waals surface area contributed by atoms with Crippen molar-refractivity contribution in [3.8, 4) is 0 Å². The fraction of sp³-hybridized carbons (Fsp3) is 0. The SMILES string of the molecule is O=PO.[Sc]. The summed E-state index contributed by atoms with van der Waals surface area (Å²) in [5.41, 5.74) is 0. The van der Waals surface area contributed by atoms with Gasteiger partial charge in [0.25, 0.3) is 0 Å². The summed E-state index contributed by atoms with van der Waals surface area (Å²) in [6.45, 7) is 0. The molecule has 4 heteroatoms. The molecular formula is HO2PSc. The summed E-state index contributed by atoms with van der Waals surface area (Å²) < 4.78 is 8.46. The molecule has 0 aliphatic rings. The zero-order valence-corrected chi connectivity index (χ0v) is 4.58. The van der Waals surface area contributed by atoms with Crippen LogP contribution in [0.25, 0.3) is 0 Å². The molecule has 4 heavy (non-hydrogen) atoms. The third-order valence-corrected chi connectivity index (χ3v) is 0. The van der Waals surface area contributed by atoms with E-state index >= 15 is 0 Å². The molecule has 0 fully saturated rings. The predicted octanol–water partition coefficient (Wildman–Crippen LogP) is 0.183. The van der Waals surface area contributed by atoms with Crippen molar-refractivity contribution < 1.29 is 35.3 Å². The minimum absolute atomic E-state index is 0. The first-order valence-electron chi connectivity index (χ1n) is 0.383. The van der Waals surface area contributed by atoms with Crippen LogP contribution in [0.2, 0.25) is 0 Å². The van der Waals surface area contributed by atoms with E-state index in [0.29, 0.717) is 0 Å². The van der Waals surface area contributed by atoms with Gasteiger partial charge in [-0.3, -0.25) is 0 Å². The Labute approximate surface area is 44.3 Å². The maximum absolute atomic E-state index is 8.46. The number of hydrogen-bond donors (Lipinski definition) is 1. The van der Waals surface area contributed by atoms with Gasteiger partial charge in [0.05, 0.1) is 0 Å². The Balaban J connectivity index is 0. The smallest absolute Gasteiger partial charge is 0.310 e. The molecule has 0 aliphatic carbocycles. The molecule has 0 unspecified atom stereocenters. The van der Waals surface area contributed by atoms with Gasteiger partial charge >= 0.3 is 8.69 Å². The van der Waals surface area contributed by atoms with Crippen LogP contribution in [0.4, 0.5) is 0 Å². The third-order valence-electron chi connectivity index (χ3n) is 0. The van der Waals surface area contributed by atoms with E-state index < -0.39 is 8.69 Å². The van der Waals surface area contributed by atoms with Crippen LogP contribution in [0.5, 0.6) is 0 Å². The molecule has 0 saturated carbocycles. The Hall–Kier alpha value is 0.930. The van der Waals surface area contributed by atoms with Gasteiger partial charge in [0, 0.05) is 25.8 Å².